The molecule has 0 fully saturated rings. The fourth-order valence-electron chi connectivity index (χ4n) is 8.07. The normalized spacial score (nSPS) is 12.7. The minimum absolute atomic E-state index is 0.232. The lowest BCUT2D eigenvalue weighted by molar-refractivity contribution is 0.410. The van der Waals surface area contributed by atoms with Gasteiger partial charge in [0.1, 0.15) is 34.2 Å². The van der Waals surface area contributed by atoms with Crippen LogP contribution < -0.4 is 18.3 Å². The molecule has 1 aromatic heterocycles. The molecule has 0 saturated heterocycles. The molecule has 1 heterocycles. The summed E-state index contributed by atoms with van der Waals surface area (Å²) in [5, 5.41) is 2.02. The fraction of sp³-hybridized carbons (Fsp3) is 0.345. The molecule has 6 aromatic carbocycles. The predicted octanol–water partition coefficient (Wildman–Crippen LogP) is 17.2. The van der Waals surface area contributed by atoms with E-state index in [9.17, 15) is 0 Å². The maximum absolute atomic E-state index is 7.42. The van der Waals surface area contributed by atoms with E-state index in [4.69, 9.17) is 26.7 Å². The summed E-state index contributed by atoms with van der Waals surface area (Å²) in [6.07, 6.45) is 0.586. The highest BCUT2D eigenvalue weighted by Crippen LogP contribution is 2.54. The Morgan fingerprint density at radius 1 is 0.524 bits per heavy atom. The van der Waals surface area contributed by atoms with Crippen LogP contribution in [0, 0.1) is 34.6 Å². The number of rotatable bonds is 10. The van der Waals surface area contributed by atoms with E-state index in [2.05, 4.69) is 176 Å². The lowest BCUT2D eigenvalue weighted by atomic mass is 9.83. The molecule has 0 spiro atoms. The van der Waals surface area contributed by atoms with Gasteiger partial charge in [-0.15, -0.1) is 0 Å². The van der Waals surface area contributed by atoms with E-state index in [1.807, 2.05) is 24.3 Å². The molecule has 0 saturated carbocycles. The molecule has 63 heavy (non-hydrogen) atoms. The first-order valence-electron chi connectivity index (χ1n) is 21.8. The Balaban J connectivity index is 1.53. The standard InChI is InChI=1S/C55H64O6P2/c1-34-25-38(5)49(58-62(33-39-22-17-16-18-23-39)57-48-24-20-19-21-37(48)4)41(26-34)44-31-40(56-15)32-47(55(12,13)14)52(44)61-63-59-50-42(27-35(2)29-45(50)53(6,7)8)43-28-36(3)30-46(51(43)60-63)54(9,10)11/h16-32H,33H2,1-15H3. The molecule has 0 aliphatic carbocycles. The second-order valence-corrected chi connectivity index (χ2v) is 22.4. The van der Waals surface area contributed by atoms with Crippen molar-refractivity contribution in [3.63, 3.8) is 0 Å². The third kappa shape index (κ3) is 10.1. The van der Waals surface area contributed by atoms with Gasteiger partial charge in [0.25, 0.3) is 8.38 Å². The molecule has 0 aliphatic heterocycles. The summed E-state index contributed by atoms with van der Waals surface area (Å²) < 4.78 is 42.0. The smallest absolute Gasteiger partial charge is 0.453 e. The summed E-state index contributed by atoms with van der Waals surface area (Å²) in [6.45, 7) is 30.6. The zero-order valence-corrected chi connectivity index (χ0v) is 41.7. The summed E-state index contributed by atoms with van der Waals surface area (Å²) in [6, 6.07) is 35.9. The Morgan fingerprint density at radius 2 is 1.05 bits per heavy atom. The first-order chi connectivity index (χ1) is 29.6. The van der Waals surface area contributed by atoms with Crippen molar-refractivity contribution in [2.24, 2.45) is 0 Å². The van der Waals surface area contributed by atoms with E-state index in [-0.39, 0.29) is 16.2 Å². The van der Waals surface area contributed by atoms with Crippen LogP contribution in [0.4, 0.5) is 0 Å². The maximum Gasteiger partial charge on any atom is 0.453 e. The number of para-hydroxylation sites is 1. The molecule has 7 rings (SSSR count). The van der Waals surface area contributed by atoms with Gasteiger partial charge in [-0.2, -0.15) is 0 Å². The van der Waals surface area contributed by atoms with Gasteiger partial charge in [0, 0.05) is 38.6 Å². The van der Waals surface area contributed by atoms with Crippen LogP contribution in [0.5, 0.6) is 23.0 Å². The molecule has 0 bridgehead atoms. The first kappa shape index (κ1) is 45.9. The summed E-state index contributed by atoms with van der Waals surface area (Å²) in [5.74, 6) is 2.87. The average Bonchev–Trinajstić information content (AvgIpc) is 3.34. The number of methoxy groups -OCH3 is 1. The van der Waals surface area contributed by atoms with Gasteiger partial charge >= 0.3 is 8.24 Å². The predicted molar refractivity (Wildman–Crippen MR) is 265 cm³/mol. The van der Waals surface area contributed by atoms with Crippen molar-refractivity contribution in [1.82, 2.24) is 0 Å². The zero-order valence-electron chi connectivity index (χ0n) is 39.9. The third-order valence-electron chi connectivity index (χ3n) is 11.3. The van der Waals surface area contributed by atoms with Gasteiger partial charge in [0.05, 0.1) is 13.3 Å². The number of benzene rings is 6. The fourth-order valence-corrected chi connectivity index (χ4v) is 10.8. The van der Waals surface area contributed by atoms with Crippen LogP contribution in [-0.2, 0) is 22.4 Å². The van der Waals surface area contributed by atoms with Gasteiger partial charge < -0.3 is 26.7 Å². The molecule has 0 N–H and O–H groups in total. The minimum atomic E-state index is -2.09. The monoisotopic (exact) mass is 882 g/mol. The first-order valence-corrected chi connectivity index (χ1v) is 24.3. The number of ether oxygens (including phenoxy) is 1. The highest BCUT2D eigenvalue weighted by Gasteiger charge is 2.31. The molecule has 0 aliphatic rings. The van der Waals surface area contributed by atoms with Gasteiger partial charge in [-0.05, 0) is 121 Å². The largest absolute Gasteiger partial charge is 0.497 e. The van der Waals surface area contributed by atoms with E-state index in [0.717, 1.165) is 94.6 Å². The van der Waals surface area contributed by atoms with Crippen molar-refractivity contribution in [3.05, 3.63) is 153 Å². The van der Waals surface area contributed by atoms with Crippen LogP contribution in [-0.4, -0.2) is 7.11 Å². The molecule has 0 amide bonds. The maximum atomic E-state index is 7.42. The Kier molecular flexibility index (Phi) is 12.9. The van der Waals surface area contributed by atoms with Crippen LogP contribution in [0.15, 0.2) is 112 Å². The molecule has 8 heteroatoms. The van der Waals surface area contributed by atoms with Gasteiger partial charge in [-0.1, -0.05) is 129 Å². The summed E-state index contributed by atoms with van der Waals surface area (Å²) in [4.78, 5) is 0. The number of fused-ring (bicyclic) bond motifs is 3. The van der Waals surface area contributed by atoms with Crippen LogP contribution in [0.1, 0.15) is 112 Å². The summed E-state index contributed by atoms with van der Waals surface area (Å²) >= 11 is 0. The van der Waals surface area contributed by atoms with Crippen LogP contribution in [0.25, 0.3) is 33.1 Å². The Labute approximate surface area is 377 Å². The van der Waals surface area contributed by atoms with E-state index >= 15 is 0 Å². The van der Waals surface area contributed by atoms with Crippen molar-refractivity contribution in [1.29, 1.82) is 0 Å². The van der Waals surface area contributed by atoms with Crippen molar-refractivity contribution >= 4 is 38.6 Å². The minimum Gasteiger partial charge on any atom is -0.497 e. The summed E-state index contributed by atoms with van der Waals surface area (Å²) in [5.41, 5.74) is 12.1. The lowest BCUT2D eigenvalue weighted by Gasteiger charge is -2.27. The van der Waals surface area contributed by atoms with E-state index < -0.39 is 16.6 Å². The second-order valence-electron chi connectivity index (χ2n) is 20.1. The van der Waals surface area contributed by atoms with Gasteiger partial charge in [0.2, 0.25) is 0 Å². The number of hydrogen-bond donors (Lipinski definition) is 0. The zero-order chi connectivity index (χ0) is 45.6. The molecule has 1 atom stereocenters. The van der Waals surface area contributed by atoms with Crippen molar-refractivity contribution in [3.8, 4) is 34.1 Å². The Bertz CT molecular complexity index is 2750. The van der Waals surface area contributed by atoms with Crippen LogP contribution in [0.2, 0.25) is 0 Å². The quantitative estimate of drug-likeness (QED) is 0.128. The highest BCUT2D eigenvalue weighted by atomic mass is 31.2. The Hall–Kier alpha value is -5.15. The number of aryl methyl sites for hydroxylation is 5. The van der Waals surface area contributed by atoms with E-state index in [0.29, 0.717) is 17.7 Å². The van der Waals surface area contributed by atoms with Crippen molar-refractivity contribution in [2.75, 3.05) is 7.11 Å². The van der Waals surface area contributed by atoms with Gasteiger partial charge in [0.15, 0.2) is 0 Å². The molecule has 0 radical (unpaired) electrons. The highest BCUT2D eigenvalue weighted by molar-refractivity contribution is 7.47. The molecule has 6 nitrogen and oxygen atoms in total. The molecular weight excluding hydrogens is 819 g/mol. The average molecular weight is 883 g/mol. The van der Waals surface area contributed by atoms with E-state index in [1.165, 1.54) is 0 Å². The topological polar surface area (TPSA) is 63.2 Å². The second kappa shape index (κ2) is 17.8. The number of hydrogen-bond acceptors (Lipinski definition) is 6. The molecule has 7 aromatic rings. The van der Waals surface area contributed by atoms with Crippen LogP contribution >= 0.6 is 16.6 Å². The Morgan fingerprint density at radius 3 is 1.59 bits per heavy atom. The molecular formula is C55H64O6P2. The van der Waals surface area contributed by atoms with E-state index in [1.54, 1.807) is 7.11 Å². The van der Waals surface area contributed by atoms with Crippen molar-refractivity contribution < 1.29 is 26.7 Å². The lowest BCUT2D eigenvalue weighted by Crippen LogP contribution is -2.13. The molecule has 1 unspecified atom stereocenters. The van der Waals surface area contributed by atoms with Gasteiger partial charge in [-0.3, -0.25) is 0 Å². The summed E-state index contributed by atoms with van der Waals surface area (Å²) in [7, 11) is -1.90. The van der Waals surface area contributed by atoms with Crippen LogP contribution in [0.3, 0.4) is 0 Å². The SMILES string of the molecule is COc1cc(-c2cc(C)cc(C)c2OP(Cc2ccccc2)Oc2ccccc2C)c(Op2oc3c(C(C)(C)C)cc(C)cc3c3cc(C)cc(C(C)(C)C)c3o2)c(C(C)(C)C)c1. The molecule has 330 valence electrons. The van der Waals surface area contributed by atoms with Gasteiger partial charge in [-0.25, -0.2) is 0 Å². The third-order valence-corrected chi connectivity index (χ3v) is 13.7. The van der Waals surface area contributed by atoms with Crippen molar-refractivity contribution in [2.45, 2.75) is 119 Å².